The molecule has 0 spiro atoms. The molecule has 0 bridgehead atoms. The minimum Gasteiger partial charge on any atom is -0.462 e. The van der Waals surface area contributed by atoms with Crippen LogP contribution in [0.1, 0.15) is 68.7 Å². The number of carbonyl (C=O) groups is 7. The number of benzene rings is 3. The number of amides is 1. The maximum atomic E-state index is 15.1. The van der Waals surface area contributed by atoms with Crippen molar-refractivity contribution in [1.29, 1.82) is 0 Å². The Bertz CT molecular complexity index is 2260. The van der Waals surface area contributed by atoms with Crippen LogP contribution in [0.15, 0.2) is 95.9 Å². The highest BCUT2D eigenvalue weighted by molar-refractivity contribution is 7.99. The molecule has 21 heteroatoms. The first-order valence-corrected chi connectivity index (χ1v) is 25.3. The molecule has 2 fully saturated rings. The van der Waals surface area contributed by atoms with Crippen molar-refractivity contribution in [2.75, 3.05) is 13.2 Å². The van der Waals surface area contributed by atoms with Crippen molar-refractivity contribution in [3.05, 3.63) is 91.0 Å². The molecule has 3 N–H and O–H groups in total. The van der Waals surface area contributed by atoms with Crippen molar-refractivity contribution in [3.63, 3.8) is 0 Å². The Labute approximate surface area is 411 Å². The van der Waals surface area contributed by atoms with E-state index in [2.05, 4.69) is 26.1 Å². The highest BCUT2D eigenvalue weighted by Crippen LogP contribution is 2.42. The van der Waals surface area contributed by atoms with E-state index in [1.54, 1.807) is 30.3 Å². The smallest absolute Gasteiger partial charge is 0.380 e. The highest BCUT2D eigenvalue weighted by atomic mass is 32.2. The maximum Gasteiger partial charge on any atom is 0.380 e. The average Bonchev–Trinajstić information content (AvgIpc) is 3.28. The molecular formula is C49H61NO18SSi. The zero-order valence-corrected chi connectivity index (χ0v) is 42.2. The molecule has 2 heterocycles. The van der Waals surface area contributed by atoms with E-state index in [0.29, 0.717) is 4.90 Å². The van der Waals surface area contributed by atoms with Crippen molar-refractivity contribution < 1.29 is 86.1 Å². The number of esters is 6. The van der Waals surface area contributed by atoms with Crippen LogP contribution in [0, 0.1) is 0 Å². The number of hydrogen-bond donors (Lipinski definition) is 3. The first-order chi connectivity index (χ1) is 33.0. The first-order valence-electron chi connectivity index (χ1n) is 22.5. The SMILES string of the molecule is CC(=O)N[C@H]1[C@H]([C@H](OC(C)=O)[C@@H](COC(C)=O)OC(C)=O)O[C@](OC(C)=O)(C(=O)O[C@@H]2[C@@H](O)[C@@H](O)[C@@H](CO[Si](c3ccccc3)(c3ccccc3)C(C)(C)C)O[C@H]2Sc2ccccc2)C[C@@H]1OC(C)=O. The summed E-state index contributed by atoms with van der Waals surface area (Å²) in [6.45, 7) is 11.3. The number of aliphatic hydroxyl groups excluding tert-OH is 2. The van der Waals surface area contributed by atoms with Gasteiger partial charge in [-0.3, -0.25) is 28.8 Å². The van der Waals surface area contributed by atoms with E-state index in [9.17, 15) is 39.0 Å². The molecule has 2 aliphatic rings. The Morgan fingerprint density at radius 1 is 0.743 bits per heavy atom. The topological polar surface area (TPSA) is 255 Å². The zero-order chi connectivity index (χ0) is 51.6. The van der Waals surface area contributed by atoms with Crippen LogP contribution in [0.5, 0.6) is 0 Å². The molecule has 70 heavy (non-hydrogen) atoms. The molecule has 0 aliphatic carbocycles. The predicted molar refractivity (Wildman–Crippen MR) is 251 cm³/mol. The van der Waals surface area contributed by atoms with Gasteiger partial charge in [0.05, 0.1) is 19.1 Å². The van der Waals surface area contributed by atoms with Crippen LogP contribution in [-0.4, -0.2) is 140 Å². The number of carbonyl (C=O) groups excluding carboxylic acids is 7. The van der Waals surface area contributed by atoms with Gasteiger partial charge in [-0.05, 0) is 27.5 Å². The van der Waals surface area contributed by atoms with Crippen molar-refractivity contribution >= 4 is 72.2 Å². The van der Waals surface area contributed by atoms with Gasteiger partial charge in [0, 0.05) is 46.4 Å². The molecule has 380 valence electrons. The molecule has 0 radical (unpaired) electrons. The van der Waals surface area contributed by atoms with Crippen LogP contribution in [0.4, 0.5) is 0 Å². The summed E-state index contributed by atoms with van der Waals surface area (Å²) >= 11 is 1.03. The number of ether oxygens (including phenoxy) is 8. The molecule has 5 rings (SSSR count). The molecule has 1 amide bonds. The van der Waals surface area contributed by atoms with Crippen LogP contribution in [0.2, 0.25) is 5.04 Å². The largest absolute Gasteiger partial charge is 0.462 e. The molecule has 3 aromatic carbocycles. The molecule has 2 aliphatic heterocycles. The normalized spacial score (nSPS) is 25.5. The minimum absolute atomic E-state index is 0.233. The van der Waals surface area contributed by atoms with E-state index in [1.807, 2.05) is 60.7 Å². The average molecular weight is 1010 g/mol. The number of nitrogens with one attached hydrogen (secondary N) is 1. The fraction of sp³-hybridized carbons (Fsp3) is 0.490. The van der Waals surface area contributed by atoms with Crippen LogP contribution < -0.4 is 15.7 Å². The molecule has 0 saturated carbocycles. The summed E-state index contributed by atoms with van der Waals surface area (Å²) in [5, 5.41) is 28.0. The Morgan fingerprint density at radius 2 is 1.30 bits per heavy atom. The summed E-state index contributed by atoms with van der Waals surface area (Å²) in [5.74, 6) is -10.1. The van der Waals surface area contributed by atoms with Gasteiger partial charge in [0.2, 0.25) is 5.91 Å². The van der Waals surface area contributed by atoms with Gasteiger partial charge in [0.25, 0.3) is 8.32 Å². The fourth-order valence-electron chi connectivity index (χ4n) is 8.66. The molecule has 0 aromatic heterocycles. The van der Waals surface area contributed by atoms with Crippen molar-refractivity contribution in [1.82, 2.24) is 5.32 Å². The standard InChI is InChI=1S/C49H61NO18SSi/c1-28(51)50-40-37(62-30(3)53)25-49(67-33(6)56,68-44(40)43(64-32(5)55)39(63-31(4)54)26-60-29(2)52)47(59)66-45-42(58)41(57)38(65-46(45)69-34-19-13-10-14-20-34)27-61-70(48(7,8)9,35-21-15-11-16-22-35)36-23-17-12-18-24-36/h10-24,37-46,57-58H,25-27H2,1-9H3,(H,50,51)/t37-,38+,39+,40+,41-,42-,43+,44+,45+,46-,49-/m0/s1. The zero-order valence-electron chi connectivity index (χ0n) is 40.4. The van der Waals surface area contributed by atoms with Gasteiger partial charge < -0.3 is 57.9 Å². The van der Waals surface area contributed by atoms with Crippen molar-refractivity contribution in [2.24, 2.45) is 0 Å². The molecular weight excluding hydrogens is 951 g/mol. The second-order valence-corrected chi connectivity index (χ2v) is 23.3. The third-order valence-corrected chi connectivity index (χ3v) is 17.5. The van der Waals surface area contributed by atoms with Crippen LogP contribution in [0.25, 0.3) is 0 Å². The molecule has 19 nitrogen and oxygen atoms in total. The number of hydrogen-bond acceptors (Lipinski definition) is 19. The molecule has 3 aromatic rings. The predicted octanol–water partition coefficient (Wildman–Crippen LogP) is 2.63. The van der Waals surface area contributed by atoms with E-state index in [-0.39, 0.29) is 6.61 Å². The van der Waals surface area contributed by atoms with Crippen molar-refractivity contribution in [3.8, 4) is 0 Å². The lowest BCUT2D eigenvalue weighted by Crippen LogP contribution is -2.70. The number of aliphatic hydroxyl groups is 2. The summed E-state index contributed by atoms with van der Waals surface area (Å²) in [6, 6.07) is 26.7. The lowest BCUT2D eigenvalue weighted by Gasteiger charge is -2.49. The second-order valence-electron chi connectivity index (χ2n) is 17.8. The summed E-state index contributed by atoms with van der Waals surface area (Å²) < 4.78 is 53.5. The van der Waals surface area contributed by atoms with Gasteiger partial charge in [-0.25, -0.2) is 4.79 Å². The van der Waals surface area contributed by atoms with Gasteiger partial charge >= 0.3 is 41.6 Å². The Morgan fingerprint density at radius 3 is 1.79 bits per heavy atom. The van der Waals surface area contributed by atoms with E-state index < -0.39 is 134 Å². The summed E-state index contributed by atoms with van der Waals surface area (Å²) in [7, 11) is -3.24. The first kappa shape index (κ1) is 55.2. The minimum atomic E-state index is -3.24. The van der Waals surface area contributed by atoms with E-state index in [4.69, 9.17) is 42.3 Å². The summed E-state index contributed by atoms with van der Waals surface area (Å²) in [5.41, 5.74) is -1.31. The van der Waals surface area contributed by atoms with Crippen molar-refractivity contribution in [2.45, 2.75) is 145 Å². The Hall–Kier alpha value is -5.68. The molecule has 11 atom stereocenters. The lowest BCUT2D eigenvalue weighted by molar-refractivity contribution is -0.311. The van der Waals surface area contributed by atoms with Gasteiger partial charge in [-0.15, -0.1) is 0 Å². The van der Waals surface area contributed by atoms with Gasteiger partial charge in [0.15, 0.2) is 18.3 Å². The Kier molecular flexibility index (Phi) is 18.9. The van der Waals surface area contributed by atoms with Crippen LogP contribution >= 0.6 is 11.8 Å². The monoisotopic (exact) mass is 1010 g/mol. The van der Waals surface area contributed by atoms with Gasteiger partial charge in [-0.1, -0.05) is 111 Å². The van der Waals surface area contributed by atoms with E-state index in [1.165, 1.54) is 0 Å². The highest BCUT2D eigenvalue weighted by Gasteiger charge is 2.62. The van der Waals surface area contributed by atoms with Gasteiger partial charge in [-0.2, -0.15) is 0 Å². The molecule has 0 unspecified atom stereocenters. The Balaban J connectivity index is 1.59. The van der Waals surface area contributed by atoms with E-state index in [0.717, 1.165) is 63.7 Å². The third kappa shape index (κ3) is 13.6. The van der Waals surface area contributed by atoms with Crippen LogP contribution in [0.3, 0.4) is 0 Å². The fourth-order valence-corrected chi connectivity index (χ4v) is 14.4. The summed E-state index contributed by atoms with van der Waals surface area (Å²) in [6.07, 6.45) is -14.8. The lowest BCUT2D eigenvalue weighted by atomic mass is 9.87. The second kappa shape index (κ2) is 24.0. The quantitative estimate of drug-likeness (QED) is 0.0940. The third-order valence-electron chi connectivity index (χ3n) is 11.4. The van der Waals surface area contributed by atoms with Crippen LogP contribution in [-0.2, 0) is 75.9 Å². The van der Waals surface area contributed by atoms with E-state index >= 15 is 4.79 Å². The van der Waals surface area contributed by atoms with Gasteiger partial charge in [0.1, 0.15) is 42.6 Å². The maximum absolute atomic E-state index is 15.1. The number of thioether (sulfide) groups is 1. The molecule has 2 saturated heterocycles. The summed E-state index contributed by atoms with van der Waals surface area (Å²) in [4.78, 5) is 91.5. The number of rotatable bonds is 18.